The van der Waals surface area contributed by atoms with E-state index < -0.39 is 0 Å². The van der Waals surface area contributed by atoms with Crippen molar-refractivity contribution in [3.8, 4) is 0 Å². The molecule has 2 nitrogen and oxygen atoms in total. The van der Waals surface area contributed by atoms with Gasteiger partial charge in [-0.05, 0) is 36.5 Å². The number of carbonyl (C=O) groups excluding carboxylic acids is 1. The monoisotopic (exact) mass is 203 g/mol. The van der Waals surface area contributed by atoms with Crippen molar-refractivity contribution >= 4 is 5.91 Å². The molecule has 0 aromatic heterocycles. The first-order valence-corrected chi connectivity index (χ1v) is 5.59. The molecule has 1 amide bonds. The zero-order valence-corrected chi connectivity index (χ0v) is 9.42. The molecule has 0 unspecified atom stereocenters. The van der Waals surface area contributed by atoms with E-state index in [1.165, 1.54) is 11.1 Å². The SMILES string of the molecule is CCc1ccc2c(c1)CCCN(C)C2=O. The van der Waals surface area contributed by atoms with Gasteiger partial charge in [0.1, 0.15) is 0 Å². The molecular weight excluding hydrogens is 186 g/mol. The second-order valence-corrected chi connectivity index (χ2v) is 4.18. The number of carbonyl (C=O) groups is 1. The zero-order chi connectivity index (χ0) is 10.8. The van der Waals surface area contributed by atoms with Crippen LogP contribution in [0.4, 0.5) is 0 Å². The van der Waals surface area contributed by atoms with E-state index in [2.05, 4.69) is 19.1 Å². The van der Waals surface area contributed by atoms with Gasteiger partial charge in [0.05, 0.1) is 0 Å². The molecule has 0 aliphatic carbocycles. The molecule has 1 aliphatic rings. The van der Waals surface area contributed by atoms with E-state index in [4.69, 9.17) is 0 Å². The molecule has 0 spiro atoms. The smallest absolute Gasteiger partial charge is 0.253 e. The van der Waals surface area contributed by atoms with E-state index in [9.17, 15) is 4.79 Å². The summed E-state index contributed by atoms with van der Waals surface area (Å²) < 4.78 is 0. The first kappa shape index (κ1) is 10.2. The second-order valence-electron chi connectivity index (χ2n) is 4.18. The van der Waals surface area contributed by atoms with E-state index in [-0.39, 0.29) is 5.91 Å². The fraction of sp³-hybridized carbons (Fsp3) is 0.462. The predicted octanol–water partition coefficient (Wildman–Crippen LogP) is 2.27. The maximum absolute atomic E-state index is 12.0. The van der Waals surface area contributed by atoms with Gasteiger partial charge in [-0.25, -0.2) is 0 Å². The number of fused-ring (bicyclic) bond motifs is 1. The standard InChI is InChI=1S/C13H17NO/c1-3-10-6-7-12-11(9-10)5-4-8-14(2)13(12)15/h6-7,9H,3-5,8H2,1-2H3. The highest BCUT2D eigenvalue weighted by Gasteiger charge is 2.19. The third kappa shape index (κ3) is 1.89. The van der Waals surface area contributed by atoms with Crippen LogP contribution in [-0.2, 0) is 12.8 Å². The summed E-state index contributed by atoms with van der Waals surface area (Å²) in [4.78, 5) is 13.8. The summed E-state index contributed by atoms with van der Waals surface area (Å²) in [6, 6.07) is 6.24. The Morgan fingerprint density at radius 3 is 2.93 bits per heavy atom. The quantitative estimate of drug-likeness (QED) is 0.685. The third-order valence-electron chi connectivity index (χ3n) is 3.09. The van der Waals surface area contributed by atoms with Crippen molar-refractivity contribution in [2.24, 2.45) is 0 Å². The van der Waals surface area contributed by atoms with Crippen molar-refractivity contribution in [3.05, 3.63) is 34.9 Å². The normalized spacial score (nSPS) is 16.1. The molecule has 2 heteroatoms. The van der Waals surface area contributed by atoms with Crippen LogP contribution in [-0.4, -0.2) is 24.4 Å². The average Bonchev–Trinajstić information content (AvgIpc) is 2.40. The van der Waals surface area contributed by atoms with Crippen molar-refractivity contribution in [2.45, 2.75) is 26.2 Å². The van der Waals surface area contributed by atoms with Crippen LogP contribution >= 0.6 is 0 Å². The molecule has 0 fully saturated rings. The van der Waals surface area contributed by atoms with Gasteiger partial charge in [-0.3, -0.25) is 4.79 Å². The molecule has 1 aliphatic heterocycles. The van der Waals surface area contributed by atoms with Gasteiger partial charge in [0.25, 0.3) is 5.91 Å². The molecule has 15 heavy (non-hydrogen) atoms. The van der Waals surface area contributed by atoms with Crippen LogP contribution < -0.4 is 0 Å². The number of nitrogens with zero attached hydrogens (tertiary/aromatic N) is 1. The van der Waals surface area contributed by atoms with Gasteiger partial charge in [-0.1, -0.05) is 19.1 Å². The number of aryl methyl sites for hydroxylation is 2. The van der Waals surface area contributed by atoms with Crippen LogP contribution in [0.5, 0.6) is 0 Å². The van der Waals surface area contributed by atoms with E-state index in [1.807, 2.05) is 18.0 Å². The number of amides is 1. The topological polar surface area (TPSA) is 20.3 Å². The Labute approximate surface area is 90.9 Å². The highest BCUT2D eigenvalue weighted by molar-refractivity contribution is 5.96. The van der Waals surface area contributed by atoms with Gasteiger partial charge >= 0.3 is 0 Å². The Morgan fingerprint density at radius 1 is 1.40 bits per heavy atom. The van der Waals surface area contributed by atoms with Crippen LogP contribution in [0.2, 0.25) is 0 Å². The number of rotatable bonds is 1. The molecule has 80 valence electrons. The van der Waals surface area contributed by atoms with Crippen molar-refractivity contribution in [2.75, 3.05) is 13.6 Å². The molecule has 0 saturated heterocycles. The molecule has 0 N–H and O–H groups in total. The largest absolute Gasteiger partial charge is 0.342 e. The van der Waals surface area contributed by atoms with Gasteiger partial charge in [0.2, 0.25) is 0 Å². The Hall–Kier alpha value is -1.31. The molecule has 0 radical (unpaired) electrons. The minimum Gasteiger partial charge on any atom is -0.342 e. The van der Waals surface area contributed by atoms with Gasteiger partial charge in [0, 0.05) is 19.2 Å². The third-order valence-corrected chi connectivity index (χ3v) is 3.09. The summed E-state index contributed by atoms with van der Waals surface area (Å²) in [5, 5.41) is 0. The summed E-state index contributed by atoms with van der Waals surface area (Å²) in [5.74, 6) is 0.171. The fourth-order valence-corrected chi connectivity index (χ4v) is 2.10. The second kappa shape index (κ2) is 4.05. The van der Waals surface area contributed by atoms with Crippen molar-refractivity contribution in [3.63, 3.8) is 0 Å². The minimum atomic E-state index is 0.171. The van der Waals surface area contributed by atoms with E-state index >= 15 is 0 Å². The molecule has 1 aromatic carbocycles. The van der Waals surface area contributed by atoms with Gasteiger partial charge in [-0.2, -0.15) is 0 Å². The lowest BCUT2D eigenvalue weighted by molar-refractivity contribution is 0.0800. The fourth-order valence-electron chi connectivity index (χ4n) is 2.10. The Morgan fingerprint density at radius 2 is 2.20 bits per heavy atom. The highest BCUT2D eigenvalue weighted by atomic mass is 16.2. The molecule has 0 atom stereocenters. The maximum atomic E-state index is 12.0. The van der Waals surface area contributed by atoms with E-state index in [1.54, 1.807) is 0 Å². The predicted molar refractivity (Wildman–Crippen MR) is 61.1 cm³/mol. The van der Waals surface area contributed by atoms with Crippen LogP contribution in [0.15, 0.2) is 18.2 Å². The first-order valence-electron chi connectivity index (χ1n) is 5.59. The Balaban J connectivity index is 2.44. The highest BCUT2D eigenvalue weighted by Crippen LogP contribution is 2.19. The van der Waals surface area contributed by atoms with Crippen molar-refractivity contribution in [1.29, 1.82) is 0 Å². The Kier molecular flexibility index (Phi) is 2.76. The molecule has 1 heterocycles. The van der Waals surface area contributed by atoms with Crippen LogP contribution in [0, 0.1) is 0 Å². The van der Waals surface area contributed by atoms with Crippen LogP contribution in [0.1, 0.15) is 34.8 Å². The molecule has 1 aromatic rings. The zero-order valence-electron chi connectivity index (χ0n) is 9.42. The van der Waals surface area contributed by atoms with Gasteiger partial charge in [-0.15, -0.1) is 0 Å². The van der Waals surface area contributed by atoms with Gasteiger partial charge in [0.15, 0.2) is 0 Å². The molecule has 2 rings (SSSR count). The summed E-state index contributed by atoms with van der Waals surface area (Å²) in [6.07, 6.45) is 3.14. The van der Waals surface area contributed by atoms with Gasteiger partial charge < -0.3 is 4.90 Å². The molecule has 0 saturated carbocycles. The lowest BCUT2D eigenvalue weighted by Crippen LogP contribution is -2.26. The van der Waals surface area contributed by atoms with Crippen molar-refractivity contribution in [1.82, 2.24) is 4.90 Å². The summed E-state index contributed by atoms with van der Waals surface area (Å²) in [5.41, 5.74) is 3.45. The molecular formula is C13H17NO. The number of hydrogen-bond acceptors (Lipinski definition) is 1. The molecule has 0 bridgehead atoms. The number of benzene rings is 1. The minimum absolute atomic E-state index is 0.171. The lowest BCUT2D eigenvalue weighted by atomic mass is 9.99. The van der Waals surface area contributed by atoms with E-state index in [0.29, 0.717) is 0 Å². The first-order chi connectivity index (χ1) is 7.22. The van der Waals surface area contributed by atoms with Crippen LogP contribution in [0.3, 0.4) is 0 Å². The van der Waals surface area contributed by atoms with Crippen LogP contribution in [0.25, 0.3) is 0 Å². The number of hydrogen-bond donors (Lipinski definition) is 0. The summed E-state index contributed by atoms with van der Waals surface area (Å²) in [6.45, 7) is 3.02. The lowest BCUT2D eigenvalue weighted by Gasteiger charge is -2.14. The summed E-state index contributed by atoms with van der Waals surface area (Å²) in [7, 11) is 1.88. The maximum Gasteiger partial charge on any atom is 0.253 e. The van der Waals surface area contributed by atoms with E-state index in [0.717, 1.165) is 31.4 Å². The average molecular weight is 203 g/mol. The summed E-state index contributed by atoms with van der Waals surface area (Å²) >= 11 is 0. The van der Waals surface area contributed by atoms with Crippen molar-refractivity contribution < 1.29 is 4.79 Å². The Bertz CT molecular complexity index is 384.